The Morgan fingerprint density at radius 2 is 2.05 bits per heavy atom. The van der Waals surface area contributed by atoms with Crippen molar-refractivity contribution in [2.75, 3.05) is 38.7 Å². The SMILES string of the molecule is COCC1CCCN1CCNC(=O)c1ccc(F)c(NC(=O)c2cnc3[nH]c(-c4cnn(C)c4)cc3c2)c1. The number of carbonyl (C=O) groups is 2. The van der Waals surface area contributed by atoms with E-state index in [1.54, 1.807) is 24.1 Å². The summed E-state index contributed by atoms with van der Waals surface area (Å²) in [4.78, 5) is 35.5. The highest BCUT2D eigenvalue weighted by molar-refractivity contribution is 6.06. The van der Waals surface area contributed by atoms with E-state index in [-0.39, 0.29) is 22.7 Å². The van der Waals surface area contributed by atoms with E-state index in [2.05, 4.69) is 30.6 Å². The molecule has 0 saturated carbocycles. The number of nitrogens with one attached hydrogen (secondary N) is 3. The fraction of sp³-hybridized carbons (Fsp3) is 0.333. The quantitative estimate of drug-likeness (QED) is 0.313. The second-order valence-electron chi connectivity index (χ2n) is 9.44. The first-order chi connectivity index (χ1) is 18.4. The number of aromatic amines is 1. The molecule has 3 N–H and O–H groups in total. The molecule has 2 amide bonds. The number of methoxy groups -OCH3 is 1. The van der Waals surface area contributed by atoms with Crippen molar-refractivity contribution >= 4 is 28.5 Å². The number of rotatable bonds is 9. The molecular weight excluding hydrogens is 489 g/mol. The van der Waals surface area contributed by atoms with E-state index >= 15 is 0 Å². The molecule has 11 heteroatoms. The Morgan fingerprint density at radius 1 is 1.18 bits per heavy atom. The van der Waals surface area contributed by atoms with Crippen LogP contribution in [-0.2, 0) is 11.8 Å². The summed E-state index contributed by atoms with van der Waals surface area (Å²) in [5, 5.41) is 10.4. The van der Waals surface area contributed by atoms with E-state index in [0.717, 1.165) is 36.0 Å². The van der Waals surface area contributed by atoms with Gasteiger partial charge in [0.15, 0.2) is 0 Å². The van der Waals surface area contributed by atoms with Crippen LogP contribution < -0.4 is 10.6 Å². The molecule has 0 bridgehead atoms. The topological polar surface area (TPSA) is 117 Å². The van der Waals surface area contributed by atoms with Crippen LogP contribution in [0.1, 0.15) is 33.6 Å². The summed E-state index contributed by atoms with van der Waals surface area (Å²) in [6.45, 7) is 2.82. The number of fused-ring (bicyclic) bond motifs is 1. The summed E-state index contributed by atoms with van der Waals surface area (Å²) in [6.07, 6.45) is 7.22. The number of benzene rings is 1. The van der Waals surface area contributed by atoms with Gasteiger partial charge in [0.2, 0.25) is 0 Å². The van der Waals surface area contributed by atoms with Crippen molar-refractivity contribution in [1.82, 2.24) is 30.0 Å². The molecule has 1 atom stereocenters. The Balaban J connectivity index is 1.23. The molecule has 4 aromatic rings. The Hall–Kier alpha value is -4.09. The van der Waals surface area contributed by atoms with Crippen LogP contribution in [0.3, 0.4) is 0 Å². The molecule has 3 aromatic heterocycles. The van der Waals surface area contributed by atoms with Crippen molar-refractivity contribution in [2.45, 2.75) is 18.9 Å². The van der Waals surface area contributed by atoms with Crippen LogP contribution in [0.2, 0.25) is 0 Å². The smallest absolute Gasteiger partial charge is 0.257 e. The number of hydrogen-bond acceptors (Lipinski definition) is 6. The average molecular weight is 520 g/mol. The fourth-order valence-corrected chi connectivity index (χ4v) is 4.80. The van der Waals surface area contributed by atoms with E-state index in [1.807, 2.05) is 19.3 Å². The largest absolute Gasteiger partial charge is 0.383 e. The summed E-state index contributed by atoms with van der Waals surface area (Å²) in [5.74, 6) is -1.50. The van der Waals surface area contributed by atoms with Gasteiger partial charge < -0.3 is 20.4 Å². The van der Waals surface area contributed by atoms with Gasteiger partial charge in [-0.1, -0.05) is 0 Å². The number of carbonyl (C=O) groups excluding carboxylic acids is 2. The van der Waals surface area contributed by atoms with Gasteiger partial charge in [0, 0.05) is 62.2 Å². The van der Waals surface area contributed by atoms with Gasteiger partial charge in [0.05, 0.1) is 29.7 Å². The Labute approximate surface area is 219 Å². The standard InChI is InChI=1S/C27H30FN7O3/c1-34-15-20(14-31-34)23-12-18-10-19(13-30-25(18)32-23)27(37)33-24-11-17(5-6-22(24)28)26(36)29-7-9-35-8-3-4-21(35)16-38-2/h5-6,10-15,21H,3-4,7-9,16H2,1-2H3,(H,29,36)(H,30,32)(H,33,37). The molecule has 0 aliphatic carbocycles. The minimum atomic E-state index is -0.635. The average Bonchev–Trinajstić information content (AvgIpc) is 3.65. The number of likely N-dealkylation sites (tertiary alicyclic amines) is 1. The number of anilines is 1. The lowest BCUT2D eigenvalue weighted by Gasteiger charge is -2.23. The van der Waals surface area contributed by atoms with Gasteiger partial charge in [-0.3, -0.25) is 19.2 Å². The van der Waals surface area contributed by atoms with Crippen molar-refractivity contribution in [3.05, 3.63) is 65.9 Å². The van der Waals surface area contributed by atoms with Gasteiger partial charge in [-0.25, -0.2) is 9.37 Å². The zero-order chi connectivity index (χ0) is 26.6. The first-order valence-corrected chi connectivity index (χ1v) is 12.5. The van der Waals surface area contributed by atoms with Crippen LogP contribution in [0.5, 0.6) is 0 Å². The molecular formula is C27H30FN7O3. The molecule has 0 spiro atoms. The molecule has 38 heavy (non-hydrogen) atoms. The molecule has 1 unspecified atom stereocenters. The molecule has 198 valence electrons. The van der Waals surface area contributed by atoms with E-state index in [0.29, 0.717) is 31.4 Å². The number of nitrogens with zero attached hydrogens (tertiary/aromatic N) is 4. The van der Waals surface area contributed by atoms with E-state index < -0.39 is 11.7 Å². The molecule has 5 rings (SSSR count). The molecule has 0 radical (unpaired) electrons. The molecule has 10 nitrogen and oxygen atoms in total. The van der Waals surface area contributed by atoms with Crippen LogP contribution in [0, 0.1) is 5.82 Å². The maximum absolute atomic E-state index is 14.5. The van der Waals surface area contributed by atoms with Gasteiger partial charge in [-0.15, -0.1) is 0 Å². The number of amides is 2. The molecule has 1 fully saturated rings. The summed E-state index contributed by atoms with van der Waals surface area (Å²) < 4.78 is 21.5. The fourth-order valence-electron chi connectivity index (χ4n) is 4.80. The predicted octanol–water partition coefficient (Wildman–Crippen LogP) is 3.20. The third kappa shape index (κ3) is 5.58. The van der Waals surface area contributed by atoms with Gasteiger partial charge in [-0.05, 0) is 49.7 Å². The normalized spacial score (nSPS) is 15.7. The first-order valence-electron chi connectivity index (χ1n) is 12.5. The molecule has 1 saturated heterocycles. The van der Waals surface area contributed by atoms with Crippen molar-refractivity contribution in [1.29, 1.82) is 0 Å². The maximum atomic E-state index is 14.5. The second kappa shape index (κ2) is 11.1. The Bertz CT molecular complexity index is 1460. The van der Waals surface area contributed by atoms with Crippen LogP contribution in [0.4, 0.5) is 10.1 Å². The first kappa shape index (κ1) is 25.6. The lowest BCUT2D eigenvalue weighted by atomic mass is 10.1. The lowest BCUT2D eigenvalue weighted by Crippen LogP contribution is -2.39. The number of halogens is 1. The van der Waals surface area contributed by atoms with Gasteiger partial charge >= 0.3 is 0 Å². The number of hydrogen-bond donors (Lipinski definition) is 3. The van der Waals surface area contributed by atoms with Crippen molar-refractivity contribution in [3.63, 3.8) is 0 Å². The van der Waals surface area contributed by atoms with Crippen LogP contribution >= 0.6 is 0 Å². The minimum absolute atomic E-state index is 0.0763. The zero-order valence-corrected chi connectivity index (χ0v) is 21.3. The Kier molecular flexibility index (Phi) is 7.47. The Morgan fingerprint density at radius 3 is 2.84 bits per heavy atom. The monoisotopic (exact) mass is 519 g/mol. The highest BCUT2D eigenvalue weighted by atomic mass is 19.1. The highest BCUT2D eigenvalue weighted by Gasteiger charge is 2.24. The highest BCUT2D eigenvalue weighted by Crippen LogP contribution is 2.24. The third-order valence-electron chi connectivity index (χ3n) is 6.77. The van der Waals surface area contributed by atoms with Crippen molar-refractivity contribution < 1.29 is 18.7 Å². The molecule has 1 aliphatic rings. The van der Waals surface area contributed by atoms with Crippen LogP contribution in [0.25, 0.3) is 22.3 Å². The van der Waals surface area contributed by atoms with Gasteiger partial charge in [-0.2, -0.15) is 5.10 Å². The van der Waals surface area contributed by atoms with E-state index in [1.165, 1.54) is 24.4 Å². The second-order valence-corrected chi connectivity index (χ2v) is 9.44. The van der Waals surface area contributed by atoms with Crippen LogP contribution in [-0.4, -0.2) is 75.9 Å². The summed E-state index contributed by atoms with van der Waals surface area (Å²) in [6, 6.07) is 7.84. The lowest BCUT2D eigenvalue weighted by molar-refractivity contribution is 0.0931. The minimum Gasteiger partial charge on any atom is -0.383 e. The maximum Gasteiger partial charge on any atom is 0.257 e. The van der Waals surface area contributed by atoms with Gasteiger partial charge in [0.1, 0.15) is 11.5 Å². The zero-order valence-electron chi connectivity index (χ0n) is 21.3. The number of pyridine rings is 1. The summed E-state index contributed by atoms with van der Waals surface area (Å²) in [5.41, 5.74) is 2.78. The molecule has 4 heterocycles. The molecule has 1 aliphatic heterocycles. The predicted molar refractivity (Wildman–Crippen MR) is 141 cm³/mol. The van der Waals surface area contributed by atoms with Crippen molar-refractivity contribution in [3.8, 4) is 11.3 Å². The number of H-pyrrole nitrogens is 1. The third-order valence-corrected chi connectivity index (χ3v) is 6.77. The summed E-state index contributed by atoms with van der Waals surface area (Å²) in [7, 11) is 3.52. The summed E-state index contributed by atoms with van der Waals surface area (Å²) >= 11 is 0. The van der Waals surface area contributed by atoms with E-state index in [9.17, 15) is 14.0 Å². The van der Waals surface area contributed by atoms with Crippen molar-refractivity contribution in [2.24, 2.45) is 7.05 Å². The number of aryl methyl sites for hydroxylation is 1. The number of ether oxygens (including phenoxy) is 1. The number of aromatic nitrogens is 4. The van der Waals surface area contributed by atoms with E-state index in [4.69, 9.17) is 4.74 Å². The van der Waals surface area contributed by atoms with Gasteiger partial charge in [0.25, 0.3) is 11.8 Å². The molecule has 1 aromatic carbocycles. The van der Waals surface area contributed by atoms with Crippen LogP contribution in [0.15, 0.2) is 48.9 Å².